The van der Waals surface area contributed by atoms with E-state index in [1.165, 1.54) is 4.57 Å². The Labute approximate surface area is 122 Å². The number of fused-ring (bicyclic) bond motifs is 1. The highest BCUT2D eigenvalue weighted by molar-refractivity contribution is 9.10. The molecule has 0 fully saturated rings. The fraction of sp³-hybridized carbons (Fsp3) is 0.154. The van der Waals surface area contributed by atoms with Crippen molar-refractivity contribution in [2.45, 2.75) is 6.54 Å². The molecule has 0 aliphatic heterocycles. The number of hydrogen-bond acceptors (Lipinski definition) is 3. The third kappa shape index (κ3) is 1.90. The van der Waals surface area contributed by atoms with Gasteiger partial charge in [0, 0.05) is 30.1 Å². The summed E-state index contributed by atoms with van der Waals surface area (Å²) in [5, 5.41) is 4.68. The molecule has 0 aliphatic carbocycles. The van der Waals surface area contributed by atoms with Crippen molar-refractivity contribution in [2.24, 2.45) is 7.05 Å². The first-order valence-corrected chi connectivity index (χ1v) is 6.74. The van der Waals surface area contributed by atoms with Crippen LogP contribution < -0.4 is 5.56 Å². The standard InChI is InChI=1S/C13H11BrN4O2/c1-16-7-9(6-15-16)18-8-10(14)12-11(18)2-3-17(4-5-19)13(12)20/h2-3,5-8H,4H2,1H3. The Kier molecular flexibility index (Phi) is 3.06. The molecule has 0 saturated carbocycles. The van der Waals surface area contributed by atoms with Gasteiger partial charge in [-0.1, -0.05) is 0 Å². The minimum atomic E-state index is -0.191. The molecule has 0 amide bonds. The first-order valence-electron chi connectivity index (χ1n) is 5.94. The van der Waals surface area contributed by atoms with Gasteiger partial charge in [0.1, 0.15) is 6.29 Å². The third-order valence-corrected chi connectivity index (χ3v) is 3.73. The molecule has 3 rings (SSSR count). The average Bonchev–Trinajstić information content (AvgIpc) is 2.97. The number of carbonyl (C=O) groups excluding carboxylic acids is 1. The van der Waals surface area contributed by atoms with Gasteiger partial charge in [-0.3, -0.25) is 9.48 Å². The van der Waals surface area contributed by atoms with Crippen molar-refractivity contribution < 1.29 is 4.79 Å². The second-order valence-corrected chi connectivity index (χ2v) is 5.27. The van der Waals surface area contributed by atoms with Crippen LogP contribution in [-0.2, 0) is 18.4 Å². The summed E-state index contributed by atoms with van der Waals surface area (Å²) < 4.78 is 5.66. The van der Waals surface area contributed by atoms with Crippen LogP contribution in [0.3, 0.4) is 0 Å². The highest BCUT2D eigenvalue weighted by atomic mass is 79.9. The number of aromatic nitrogens is 4. The number of halogens is 1. The zero-order chi connectivity index (χ0) is 14.3. The second kappa shape index (κ2) is 4.75. The lowest BCUT2D eigenvalue weighted by Crippen LogP contribution is -2.20. The summed E-state index contributed by atoms with van der Waals surface area (Å²) >= 11 is 3.41. The Morgan fingerprint density at radius 3 is 2.85 bits per heavy atom. The van der Waals surface area contributed by atoms with Crippen LogP contribution in [-0.4, -0.2) is 25.2 Å². The minimum Gasteiger partial charge on any atom is -0.312 e. The van der Waals surface area contributed by atoms with Gasteiger partial charge in [-0.2, -0.15) is 5.10 Å². The summed E-state index contributed by atoms with van der Waals surface area (Å²) in [5.74, 6) is 0. The Morgan fingerprint density at radius 2 is 2.20 bits per heavy atom. The minimum absolute atomic E-state index is 0.0548. The van der Waals surface area contributed by atoms with Gasteiger partial charge in [0.15, 0.2) is 0 Å². The Hall–Kier alpha value is -2.15. The molecule has 3 aromatic heterocycles. The van der Waals surface area contributed by atoms with E-state index in [9.17, 15) is 9.59 Å². The largest absolute Gasteiger partial charge is 0.312 e. The number of nitrogens with zero attached hydrogens (tertiary/aromatic N) is 4. The van der Waals surface area contributed by atoms with Crippen molar-refractivity contribution in [1.29, 1.82) is 0 Å². The number of pyridine rings is 1. The van der Waals surface area contributed by atoms with Crippen molar-refractivity contribution in [3.05, 3.63) is 45.7 Å². The van der Waals surface area contributed by atoms with E-state index in [1.807, 2.05) is 30.1 Å². The van der Waals surface area contributed by atoms with E-state index in [0.29, 0.717) is 16.1 Å². The SMILES string of the molecule is Cn1cc(-n2cc(Br)c3c(=O)n(CC=O)ccc32)cn1. The van der Waals surface area contributed by atoms with Crippen molar-refractivity contribution >= 4 is 33.1 Å². The van der Waals surface area contributed by atoms with Gasteiger partial charge in [-0.25, -0.2) is 0 Å². The molecule has 6 nitrogen and oxygen atoms in total. The second-order valence-electron chi connectivity index (χ2n) is 4.42. The maximum atomic E-state index is 12.3. The zero-order valence-corrected chi connectivity index (χ0v) is 12.2. The lowest BCUT2D eigenvalue weighted by atomic mass is 10.3. The molecule has 0 unspecified atom stereocenters. The van der Waals surface area contributed by atoms with Gasteiger partial charge in [0.25, 0.3) is 5.56 Å². The molecule has 0 radical (unpaired) electrons. The third-order valence-electron chi connectivity index (χ3n) is 3.12. The Balaban J connectivity index is 2.30. The summed E-state index contributed by atoms with van der Waals surface area (Å²) in [6.07, 6.45) is 7.75. The molecule has 7 heteroatoms. The van der Waals surface area contributed by atoms with Crippen molar-refractivity contribution in [2.75, 3.05) is 0 Å². The highest BCUT2D eigenvalue weighted by Gasteiger charge is 2.13. The molecule has 0 bridgehead atoms. The molecule has 0 atom stereocenters. The van der Waals surface area contributed by atoms with Crippen molar-refractivity contribution in [3.8, 4) is 5.69 Å². The average molecular weight is 335 g/mol. The monoisotopic (exact) mass is 334 g/mol. The predicted octanol–water partition coefficient (Wildman–Crippen LogP) is 1.49. The molecular formula is C13H11BrN4O2. The first kappa shape index (κ1) is 12.9. The molecule has 3 heterocycles. The zero-order valence-electron chi connectivity index (χ0n) is 10.7. The van der Waals surface area contributed by atoms with E-state index in [1.54, 1.807) is 17.1 Å². The molecule has 20 heavy (non-hydrogen) atoms. The topological polar surface area (TPSA) is 61.8 Å². The molecule has 0 spiro atoms. The van der Waals surface area contributed by atoms with Gasteiger partial charge in [-0.15, -0.1) is 0 Å². The van der Waals surface area contributed by atoms with Crippen molar-refractivity contribution in [3.63, 3.8) is 0 Å². The molecule has 0 aliphatic rings. The van der Waals surface area contributed by atoms with Gasteiger partial charge in [0.2, 0.25) is 0 Å². The van der Waals surface area contributed by atoms with Gasteiger partial charge in [-0.05, 0) is 22.0 Å². The fourth-order valence-corrected chi connectivity index (χ4v) is 2.79. The lowest BCUT2D eigenvalue weighted by Gasteiger charge is -2.03. The maximum absolute atomic E-state index is 12.3. The number of aryl methyl sites for hydroxylation is 1. The maximum Gasteiger partial charge on any atom is 0.261 e. The number of rotatable bonds is 3. The van der Waals surface area contributed by atoms with Crippen LogP contribution >= 0.6 is 15.9 Å². The summed E-state index contributed by atoms with van der Waals surface area (Å²) in [5.41, 5.74) is 1.46. The van der Waals surface area contributed by atoms with Crippen molar-refractivity contribution in [1.82, 2.24) is 18.9 Å². The molecular weight excluding hydrogens is 324 g/mol. The van der Waals surface area contributed by atoms with E-state index >= 15 is 0 Å². The molecule has 0 N–H and O–H groups in total. The quantitative estimate of drug-likeness (QED) is 0.682. The molecule has 3 aromatic rings. The smallest absolute Gasteiger partial charge is 0.261 e. The molecule has 0 aromatic carbocycles. The van der Waals surface area contributed by atoms with Crippen LogP contribution in [0.15, 0.2) is 40.1 Å². The van der Waals surface area contributed by atoms with E-state index in [0.717, 1.165) is 11.2 Å². The Bertz CT molecular complexity index is 859. The van der Waals surface area contributed by atoms with Crippen LogP contribution in [0, 0.1) is 0 Å². The molecule has 102 valence electrons. The Morgan fingerprint density at radius 1 is 1.40 bits per heavy atom. The van der Waals surface area contributed by atoms with Gasteiger partial charge < -0.3 is 13.9 Å². The summed E-state index contributed by atoms with van der Waals surface area (Å²) in [4.78, 5) is 22.9. The van der Waals surface area contributed by atoms with Gasteiger partial charge >= 0.3 is 0 Å². The summed E-state index contributed by atoms with van der Waals surface area (Å²) in [6, 6.07) is 1.82. The van der Waals surface area contributed by atoms with E-state index in [2.05, 4.69) is 21.0 Å². The van der Waals surface area contributed by atoms with E-state index in [4.69, 9.17) is 0 Å². The molecule has 0 saturated heterocycles. The normalized spacial score (nSPS) is 11.1. The summed E-state index contributed by atoms with van der Waals surface area (Å²) in [7, 11) is 1.83. The van der Waals surface area contributed by atoms with Gasteiger partial charge in [0.05, 0.1) is 29.3 Å². The highest BCUT2D eigenvalue weighted by Crippen LogP contribution is 2.26. The van der Waals surface area contributed by atoms with Crippen LogP contribution in [0.2, 0.25) is 0 Å². The lowest BCUT2D eigenvalue weighted by molar-refractivity contribution is -0.108. The van der Waals surface area contributed by atoms with Crippen LogP contribution in [0.25, 0.3) is 16.6 Å². The predicted molar refractivity (Wildman–Crippen MR) is 78.1 cm³/mol. The van der Waals surface area contributed by atoms with Crippen LogP contribution in [0.5, 0.6) is 0 Å². The van der Waals surface area contributed by atoms with Crippen LogP contribution in [0.4, 0.5) is 0 Å². The number of carbonyl (C=O) groups is 1. The summed E-state index contributed by atoms with van der Waals surface area (Å²) in [6.45, 7) is 0.0548. The fourth-order valence-electron chi connectivity index (χ4n) is 2.21. The van der Waals surface area contributed by atoms with Crippen LogP contribution in [0.1, 0.15) is 0 Å². The van der Waals surface area contributed by atoms with E-state index in [-0.39, 0.29) is 12.1 Å². The number of hydrogen-bond donors (Lipinski definition) is 0. The number of aldehydes is 1. The first-order chi connectivity index (χ1) is 9.61. The van der Waals surface area contributed by atoms with E-state index < -0.39 is 0 Å².